The van der Waals surface area contributed by atoms with E-state index in [1.54, 1.807) is 6.07 Å². The average Bonchev–Trinajstić information content (AvgIpc) is 2.57. The van der Waals surface area contributed by atoms with Crippen molar-refractivity contribution in [2.75, 3.05) is 13.7 Å². The van der Waals surface area contributed by atoms with Crippen LogP contribution < -0.4 is 0 Å². The molecular formula is C18H18O5. The molecule has 120 valence electrons. The van der Waals surface area contributed by atoms with Gasteiger partial charge >= 0.3 is 11.9 Å². The van der Waals surface area contributed by atoms with Crippen molar-refractivity contribution in [2.45, 2.75) is 18.9 Å². The summed E-state index contributed by atoms with van der Waals surface area (Å²) in [4.78, 5) is 22.9. The first-order chi connectivity index (χ1) is 11.1. The highest BCUT2D eigenvalue weighted by molar-refractivity contribution is 5.96. The number of benzene rings is 2. The monoisotopic (exact) mass is 314 g/mol. The lowest BCUT2D eigenvalue weighted by Gasteiger charge is -2.33. The molecule has 0 bridgehead atoms. The van der Waals surface area contributed by atoms with Crippen LogP contribution in [0.1, 0.15) is 22.3 Å². The molecule has 0 saturated carbocycles. The van der Waals surface area contributed by atoms with E-state index in [2.05, 4.69) is 0 Å². The van der Waals surface area contributed by atoms with Crippen LogP contribution in [0.3, 0.4) is 0 Å². The Labute approximate surface area is 133 Å². The predicted octanol–water partition coefficient (Wildman–Crippen LogP) is 2.09. The van der Waals surface area contributed by atoms with E-state index in [-0.39, 0.29) is 24.6 Å². The number of methoxy groups -OCH3 is 1. The number of aliphatic hydroxyl groups excluding tert-OH is 1. The van der Waals surface area contributed by atoms with Crippen molar-refractivity contribution in [1.29, 1.82) is 0 Å². The molecule has 3 rings (SSSR count). The number of esters is 2. The largest absolute Gasteiger partial charge is 0.465 e. The van der Waals surface area contributed by atoms with Crippen LogP contribution in [0, 0.1) is 5.92 Å². The maximum absolute atomic E-state index is 11.7. The molecule has 0 aromatic heterocycles. The van der Waals surface area contributed by atoms with Gasteiger partial charge in [0, 0.05) is 0 Å². The van der Waals surface area contributed by atoms with Crippen LogP contribution in [0.15, 0.2) is 36.4 Å². The smallest absolute Gasteiger partial charge is 0.337 e. The number of aryl methyl sites for hydroxylation is 1. The summed E-state index contributed by atoms with van der Waals surface area (Å²) < 4.78 is 9.85. The van der Waals surface area contributed by atoms with Crippen molar-refractivity contribution in [2.24, 2.45) is 5.92 Å². The molecule has 23 heavy (non-hydrogen) atoms. The zero-order valence-corrected chi connectivity index (χ0v) is 12.8. The second-order valence-electron chi connectivity index (χ2n) is 5.65. The van der Waals surface area contributed by atoms with Crippen LogP contribution in [0.4, 0.5) is 0 Å². The lowest BCUT2D eigenvalue weighted by atomic mass is 9.91. The minimum absolute atomic E-state index is 0.175. The molecule has 2 aromatic carbocycles. The topological polar surface area (TPSA) is 72.8 Å². The molecule has 0 spiro atoms. The van der Waals surface area contributed by atoms with Crippen LogP contribution >= 0.6 is 0 Å². The fourth-order valence-electron chi connectivity index (χ4n) is 2.95. The van der Waals surface area contributed by atoms with Gasteiger partial charge in [-0.3, -0.25) is 4.79 Å². The number of ether oxygens (including phenoxy) is 2. The first-order valence-electron chi connectivity index (χ1n) is 7.55. The van der Waals surface area contributed by atoms with E-state index in [4.69, 9.17) is 14.6 Å². The Morgan fingerprint density at radius 2 is 2.13 bits per heavy atom. The molecule has 1 saturated heterocycles. The summed E-state index contributed by atoms with van der Waals surface area (Å²) in [6.07, 6.45) is 1.13. The third-order valence-electron chi connectivity index (χ3n) is 4.31. The van der Waals surface area contributed by atoms with Gasteiger partial charge in [0.2, 0.25) is 0 Å². The second-order valence-corrected chi connectivity index (χ2v) is 5.65. The summed E-state index contributed by atoms with van der Waals surface area (Å²) in [6, 6.07) is 11.4. The Bertz CT molecular complexity index is 752. The second kappa shape index (κ2) is 6.38. The minimum Gasteiger partial charge on any atom is -0.465 e. The standard InChI is InChI=1S/C18H18O5/c1-22-17(20)13-6-5-11-3-2-4-12(14(11)9-13)7-8-16-15(10-19)18(21)23-16/h2-6,9,15-16,19H,7-8,10H2,1H3/t15-,16-/m0/s1. The molecule has 0 radical (unpaired) electrons. The number of fused-ring (bicyclic) bond motifs is 1. The van der Waals surface area contributed by atoms with Crippen LogP contribution in [0.25, 0.3) is 10.8 Å². The van der Waals surface area contributed by atoms with E-state index < -0.39 is 5.92 Å². The first-order valence-corrected chi connectivity index (χ1v) is 7.55. The molecule has 2 atom stereocenters. The Morgan fingerprint density at radius 1 is 1.30 bits per heavy atom. The van der Waals surface area contributed by atoms with Gasteiger partial charge in [-0.1, -0.05) is 24.3 Å². The molecule has 1 aliphatic heterocycles. The van der Waals surface area contributed by atoms with Crippen LogP contribution in [-0.4, -0.2) is 36.9 Å². The Balaban J connectivity index is 1.82. The zero-order valence-electron chi connectivity index (χ0n) is 12.8. The molecular weight excluding hydrogens is 296 g/mol. The van der Waals surface area contributed by atoms with Crippen molar-refractivity contribution in [1.82, 2.24) is 0 Å². The molecule has 0 amide bonds. The lowest BCUT2D eigenvalue weighted by molar-refractivity contribution is -0.188. The molecule has 0 aliphatic carbocycles. The molecule has 1 heterocycles. The van der Waals surface area contributed by atoms with Crippen molar-refractivity contribution < 1.29 is 24.2 Å². The average molecular weight is 314 g/mol. The Morgan fingerprint density at radius 3 is 2.83 bits per heavy atom. The zero-order chi connectivity index (χ0) is 16.4. The summed E-state index contributed by atoms with van der Waals surface area (Å²) in [5, 5.41) is 11.2. The van der Waals surface area contributed by atoms with Gasteiger partial charge in [-0.05, 0) is 41.3 Å². The fraction of sp³-hybridized carbons (Fsp3) is 0.333. The quantitative estimate of drug-likeness (QED) is 0.856. The summed E-state index contributed by atoms with van der Waals surface area (Å²) in [5.41, 5.74) is 1.59. The highest BCUT2D eigenvalue weighted by atomic mass is 16.6. The maximum atomic E-state index is 11.7. The first kappa shape index (κ1) is 15.5. The van der Waals surface area contributed by atoms with Gasteiger partial charge in [0.15, 0.2) is 0 Å². The van der Waals surface area contributed by atoms with Crippen molar-refractivity contribution in [3.63, 3.8) is 0 Å². The van der Waals surface area contributed by atoms with Gasteiger partial charge in [-0.25, -0.2) is 4.79 Å². The number of carbonyl (C=O) groups is 2. The molecule has 0 unspecified atom stereocenters. The fourth-order valence-corrected chi connectivity index (χ4v) is 2.95. The molecule has 1 aliphatic rings. The molecule has 5 nitrogen and oxygen atoms in total. The summed E-state index contributed by atoms with van der Waals surface area (Å²) in [6.45, 7) is -0.175. The van der Waals surface area contributed by atoms with E-state index in [1.165, 1.54) is 7.11 Å². The van der Waals surface area contributed by atoms with Crippen LogP contribution in [0.2, 0.25) is 0 Å². The predicted molar refractivity (Wildman–Crippen MR) is 84.1 cm³/mol. The minimum atomic E-state index is -0.407. The number of aliphatic hydroxyl groups is 1. The molecule has 1 N–H and O–H groups in total. The lowest BCUT2D eigenvalue weighted by Crippen LogP contribution is -2.47. The third kappa shape index (κ3) is 2.92. The van der Waals surface area contributed by atoms with Gasteiger partial charge in [-0.2, -0.15) is 0 Å². The number of rotatable bonds is 5. The van der Waals surface area contributed by atoms with Crippen LogP contribution in [0.5, 0.6) is 0 Å². The summed E-state index contributed by atoms with van der Waals surface area (Å²) in [7, 11) is 1.36. The van der Waals surface area contributed by atoms with Gasteiger partial charge in [0.05, 0.1) is 19.3 Å². The van der Waals surface area contributed by atoms with E-state index in [9.17, 15) is 9.59 Å². The van der Waals surface area contributed by atoms with Crippen molar-refractivity contribution in [3.8, 4) is 0 Å². The molecule has 1 fully saturated rings. The highest BCUT2D eigenvalue weighted by Gasteiger charge is 2.41. The van der Waals surface area contributed by atoms with E-state index in [0.717, 1.165) is 16.3 Å². The molecule has 2 aromatic rings. The van der Waals surface area contributed by atoms with Gasteiger partial charge in [0.1, 0.15) is 12.0 Å². The van der Waals surface area contributed by atoms with Gasteiger partial charge in [0.25, 0.3) is 0 Å². The van der Waals surface area contributed by atoms with E-state index >= 15 is 0 Å². The third-order valence-corrected chi connectivity index (χ3v) is 4.31. The van der Waals surface area contributed by atoms with Crippen LogP contribution in [-0.2, 0) is 20.7 Å². The van der Waals surface area contributed by atoms with E-state index in [0.29, 0.717) is 18.4 Å². The van der Waals surface area contributed by atoms with Gasteiger partial charge < -0.3 is 14.6 Å². The highest BCUT2D eigenvalue weighted by Crippen LogP contribution is 2.28. The molecule has 5 heteroatoms. The van der Waals surface area contributed by atoms with Gasteiger partial charge in [-0.15, -0.1) is 0 Å². The Kier molecular flexibility index (Phi) is 4.30. The van der Waals surface area contributed by atoms with Crippen molar-refractivity contribution >= 4 is 22.7 Å². The normalized spacial score (nSPS) is 20.0. The van der Waals surface area contributed by atoms with E-state index in [1.807, 2.05) is 30.3 Å². The maximum Gasteiger partial charge on any atom is 0.337 e. The summed E-state index contributed by atoms with van der Waals surface area (Å²) >= 11 is 0. The SMILES string of the molecule is COC(=O)c1ccc2cccc(CC[C@@H]3OC(=O)[C@H]3CO)c2c1. The number of hydrogen-bond acceptors (Lipinski definition) is 5. The summed E-state index contributed by atoms with van der Waals surface area (Å²) in [5.74, 6) is -1.10. The number of cyclic esters (lactones) is 1. The number of hydrogen-bond donors (Lipinski definition) is 1. The van der Waals surface area contributed by atoms with Crippen molar-refractivity contribution in [3.05, 3.63) is 47.5 Å². The number of carbonyl (C=O) groups excluding carboxylic acids is 2. The Hall–Kier alpha value is -2.40.